The van der Waals surface area contributed by atoms with Crippen molar-refractivity contribution >= 4 is 0 Å². The lowest BCUT2D eigenvalue weighted by molar-refractivity contribution is -0.130. The zero-order valence-corrected chi connectivity index (χ0v) is 12.2. The standard InChI is InChI=1S/C17H24FNO/c1-2-20-16-11-15(17(16)8-3-4-9-17)19-12-13-6-5-7-14(18)10-13/h5-7,10,15-16,19H,2-4,8-9,11-12H2,1H3. The molecule has 2 saturated carbocycles. The number of nitrogens with one attached hydrogen (secondary N) is 1. The third-order valence-corrected chi connectivity index (χ3v) is 5.13. The van der Waals surface area contributed by atoms with Crippen molar-refractivity contribution in [2.75, 3.05) is 6.61 Å². The van der Waals surface area contributed by atoms with Crippen LogP contribution in [0.1, 0.15) is 44.6 Å². The molecule has 3 rings (SSSR count). The fraction of sp³-hybridized carbons (Fsp3) is 0.647. The maximum Gasteiger partial charge on any atom is 0.123 e. The van der Waals surface area contributed by atoms with Crippen molar-refractivity contribution in [2.45, 2.75) is 57.7 Å². The summed E-state index contributed by atoms with van der Waals surface area (Å²) in [6.07, 6.45) is 6.73. The fourth-order valence-electron chi connectivity index (χ4n) is 4.06. The van der Waals surface area contributed by atoms with Crippen LogP contribution in [0.15, 0.2) is 24.3 Å². The number of halogens is 1. The first-order chi connectivity index (χ1) is 9.74. The molecule has 0 radical (unpaired) electrons. The molecular weight excluding hydrogens is 253 g/mol. The highest BCUT2D eigenvalue weighted by atomic mass is 19.1. The largest absolute Gasteiger partial charge is 0.378 e. The summed E-state index contributed by atoms with van der Waals surface area (Å²) in [6, 6.07) is 7.41. The average Bonchev–Trinajstić information content (AvgIpc) is 2.94. The third kappa shape index (κ3) is 2.49. The summed E-state index contributed by atoms with van der Waals surface area (Å²) in [5.74, 6) is -0.152. The quantitative estimate of drug-likeness (QED) is 0.887. The molecule has 2 nitrogen and oxygen atoms in total. The molecule has 0 bridgehead atoms. The Kier molecular flexibility index (Phi) is 4.08. The Morgan fingerprint density at radius 3 is 2.85 bits per heavy atom. The molecule has 0 heterocycles. The van der Waals surface area contributed by atoms with Gasteiger partial charge in [-0.15, -0.1) is 0 Å². The Labute approximate surface area is 120 Å². The van der Waals surface area contributed by atoms with Crippen LogP contribution in [0.3, 0.4) is 0 Å². The summed E-state index contributed by atoms with van der Waals surface area (Å²) in [5, 5.41) is 3.64. The Balaban J connectivity index is 1.60. The van der Waals surface area contributed by atoms with Crippen LogP contribution in [0.5, 0.6) is 0 Å². The van der Waals surface area contributed by atoms with Crippen molar-refractivity contribution < 1.29 is 9.13 Å². The highest BCUT2D eigenvalue weighted by Crippen LogP contribution is 2.54. The van der Waals surface area contributed by atoms with Crippen molar-refractivity contribution in [2.24, 2.45) is 5.41 Å². The minimum Gasteiger partial charge on any atom is -0.378 e. The second-order valence-electron chi connectivity index (χ2n) is 6.18. The van der Waals surface area contributed by atoms with Gasteiger partial charge in [0, 0.05) is 24.6 Å². The average molecular weight is 277 g/mol. The SMILES string of the molecule is CCOC1CC(NCc2cccc(F)c2)C12CCCC2. The second-order valence-corrected chi connectivity index (χ2v) is 6.18. The smallest absolute Gasteiger partial charge is 0.123 e. The highest BCUT2D eigenvalue weighted by molar-refractivity contribution is 5.17. The Hall–Kier alpha value is -0.930. The molecule has 1 aromatic carbocycles. The summed E-state index contributed by atoms with van der Waals surface area (Å²) in [7, 11) is 0. The lowest BCUT2D eigenvalue weighted by Crippen LogP contribution is -2.62. The monoisotopic (exact) mass is 277 g/mol. The van der Waals surface area contributed by atoms with E-state index in [4.69, 9.17) is 4.74 Å². The number of hydrogen-bond acceptors (Lipinski definition) is 2. The van der Waals surface area contributed by atoms with E-state index in [9.17, 15) is 4.39 Å². The van der Waals surface area contributed by atoms with E-state index in [1.165, 1.54) is 31.7 Å². The third-order valence-electron chi connectivity index (χ3n) is 5.13. The van der Waals surface area contributed by atoms with E-state index in [1.54, 1.807) is 12.1 Å². The highest BCUT2D eigenvalue weighted by Gasteiger charge is 2.56. The van der Waals surface area contributed by atoms with Crippen LogP contribution in [-0.2, 0) is 11.3 Å². The molecule has 2 aliphatic rings. The van der Waals surface area contributed by atoms with Gasteiger partial charge in [0.1, 0.15) is 5.82 Å². The van der Waals surface area contributed by atoms with Gasteiger partial charge >= 0.3 is 0 Å². The lowest BCUT2D eigenvalue weighted by atomic mass is 9.60. The Morgan fingerprint density at radius 1 is 1.35 bits per heavy atom. The Bertz CT molecular complexity index is 456. The van der Waals surface area contributed by atoms with Gasteiger partial charge in [-0.1, -0.05) is 25.0 Å². The molecule has 1 aromatic rings. The van der Waals surface area contributed by atoms with Gasteiger partial charge in [0.2, 0.25) is 0 Å². The molecule has 2 aliphatic carbocycles. The first-order valence-electron chi connectivity index (χ1n) is 7.84. The van der Waals surface area contributed by atoms with Crippen molar-refractivity contribution in [3.63, 3.8) is 0 Å². The van der Waals surface area contributed by atoms with E-state index in [1.807, 2.05) is 6.07 Å². The zero-order valence-electron chi connectivity index (χ0n) is 12.2. The number of hydrogen-bond donors (Lipinski definition) is 1. The van der Waals surface area contributed by atoms with Gasteiger partial charge in [0.25, 0.3) is 0 Å². The van der Waals surface area contributed by atoms with Gasteiger partial charge in [-0.05, 0) is 43.9 Å². The minimum atomic E-state index is -0.152. The summed E-state index contributed by atoms with van der Waals surface area (Å²) in [4.78, 5) is 0. The van der Waals surface area contributed by atoms with Crippen molar-refractivity contribution in [1.82, 2.24) is 5.32 Å². The van der Waals surface area contributed by atoms with E-state index < -0.39 is 0 Å². The Morgan fingerprint density at radius 2 is 2.15 bits per heavy atom. The van der Waals surface area contributed by atoms with Gasteiger partial charge in [0.15, 0.2) is 0 Å². The van der Waals surface area contributed by atoms with Gasteiger partial charge in [-0.25, -0.2) is 4.39 Å². The fourth-order valence-corrected chi connectivity index (χ4v) is 4.06. The molecular formula is C17H24FNO. The molecule has 1 N–H and O–H groups in total. The summed E-state index contributed by atoms with van der Waals surface area (Å²) in [6.45, 7) is 3.64. The normalized spacial score (nSPS) is 27.7. The molecule has 0 amide bonds. The van der Waals surface area contributed by atoms with Crippen molar-refractivity contribution in [1.29, 1.82) is 0 Å². The predicted octanol–water partition coefficient (Wildman–Crippen LogP) is 3.65. The molecule has 2 fully saturated rings. The summed E-state index contributed by atoms with van der Waals surface area (Å²) >= 11 is 0. The summed E-state index contributed by atoms with van der Waals surface area (Å²) in [5.41, 5.74) is 1.38. The molecule has 0 aliphatic heterocycles. The van der Waals surface area contributed by atoms with E-state index in [2.05, 4.69) is 12.2 Å². The minimum absolute atomic E-state index is 0.152. The first-order valence-corrected chi connectivity index (χ1v) is 7.84. The molecule has 0 aromatic heterocycles. The van der Waals surface area contributed by atoms with Crippen LogP contribution in [0.4, 0.5) is 4.39 Å². The maximum atomic E-state index is 13.2. The molecule has 1 spiro atoms. The van der Waals surface area contributed by atoms with Gasteiger partial charge in [0.05, 0.1) is 6.10 Å². The van der Waals surface area contributed by atoms with Crippen LogP contribution < -0.4 is 5.32 Å². The number of ether oxygens (including phenoxy) is 1. The predicted molar refractivity (Wildman–Crippen MR) is 78.0 cm³/mol. The number of rotatable bonds is 5. The van der Waals surface area contributed by atoms with Crippen molar-refractivity contribution in [3.8, 4) is 0 Å². The van der Waals surface area contributed by atoms with Crippen LogP contribution in [0, 0.1) is 11.2 Å². The van der Waals surface area contributed by atoms with Gasteiger partial charge < -0.3 is 10.1 Å². The first kappa shape index (κ1) is 14.0. The summed E-state index contributed by atoms with van der Waals surface area (Å²) < 4.78 is 19.1. The number of benzene rings is 1. The topological polar surface area (TPSA) is 21.3 Å². The zero-order chi connectivity index (χ0) is 14.0. The molecule has 3 heteroatoms. The van der Waals surface area contributed by atoms with E-state index in [0.717, 1.165) is 25.1 Å². The van der Waals surface area contributed by atoms with Crippen molar-refractivity contribution in [3.05, 3.63) is 35.6 Å². The maximum absolute atomic E-state index is 13.2. The molecule has 2 atom stereocenters. The molecule has 2 unspecified atom stereocenters. The van der Waals surface area contributed by atoms with Crippen LogP contribution in [-0.4, -0.2) is 18.8 Å². The van der Waals surface area contributed by atoms with Crippen LogP contribution in [0.25, 0.3) is 0 Å². The molecule has 0 saturated heterocycles. The second kappa shape index (κ2) is 5.82. The van der Waals surface area contributed by atoms with Gasteiger partial charge in [-0.3, -0.25) is 0 Å². The van der Waals surface area contributed by atoms with Gasteiger partial charge in [-0.2, -0.15) is 0 Å². The van der Waals surface area contributed by atoms with Crippen LogP contribution in [0.2, 0.25) is 0 Å². The van der Waals surface area contributed by atoms with Crippen LogP contribution >= 0.6 is 0 Å². The van der Waals surface area contributed by atoms with E-state index in [0.29, 0.717) is 17.6 Å². The molecule has 20 heavy (non-hydrogen) atoms. The van der Waals surface area contributed by atoms with E-state index in [-0.39, 0.29) is 5.82 Å². The molecule has 110 valence electrons. The van der Waals surface area contributed by atoms with E-state index >= 15 is 0 Å². The lowest BCUT2D eigenvalue weighted by Gasteiger charge is -2.54.